The molecular formula is C19H24N2O2. The lowest BCUT2D eigenvalue weighted by atomic mass is 9.87. The molecule has 1 aromatic carbocycles. The van der Waals surface area contributed by atoms with Crippen LogP contribution in [0.15, 0.2) is 41.0 Å². The summed E-state index contributed by atoms with van der Waals surface area (Å²) >= 11 is 0. The molecule has 0 bridgehead atoms. The van der Waals surface area contributed by atoms with E-state index in [1.165, 1.54) is 17.4 Å². The zero-order chi connectivity index (χ0) is 16.2. The fourth-order valence-electron chi connectivity index (χ4n) is 3.40. The van der Waals surface area contributed by atoms with E-state index in [-0.39, 0.29) is 11.9 Å². The Morgan fingerprint density at radius 3 is 2.83 bits per heavy atom. The number of carbonyl (C=O) groups excluding carboxylic acids is 1. The molecule has 122 valence electrons. The number of benzene rings is 1. The number of carbonyl (C=O) groups is 1. The van der Waals surface area contributed by atoms with Crippen LogP contribution in [-0.4, -0.2) is 23.4 Å². The number of furan rings is 1. The predicted molar refractivity (Wildman–Crippen MR) is 90.2 cm³/mol. The Kier molecular flexibility index (Phi) is 4.82. The van der Waals surface area contributed by atoms with E-state index < -0.39 is 0 Å². The minimum atomic E-state index is 0.0553. The lowest BCUT2D eigenvalue weighted by Gasteiger charge is -2.35. The van der Waals surface area contributed by atoms with E-state index in [9.17, 15) is 4.79 Å². The molecule has 1 heterocycles. The van der Waals surface area contributed by atoms with E-state index in [0.717, 1.165) is 32.2 Å². The van der Waals surface area contributed by atoms with Crippen molar-refractivity contribution in [3.8, 4) is 0 Å². The lowest BCUT2D eigenvalue weighted by molar-refractivity contribution is 0.0661. The van der Waals surface area contributed by atoms with Crippen LogP contribution in [0.4, 0.5) is 0 Å². The van der Waals surface area contributed by atoms with E-state index >= 15 is 0 Å². The van der Waals surface area contributed by atoms with Crippen LogP contribution in [0.5, 0.6) is 0 Å². The SMILES string of the molecule is CCCN(C(=O)c1coc(CN)c1)C1CCc2ccccc2C1. The molecule has 1 aromatic heterocycles. The first-order chi connectivity index (χ1) is 11.2. The lowest BCUT2D eigenvalue weighted by Crippen LogP contribution is -2.43. The quantitative estimate of drug-likeness (QED) is 0.922. The summed E-state index contributed by atoms with van der Waals surface area (Å²) in [6.45, 7) is 3.20. The van der Waals surface area contributed by atoms with E-state index in [1.807, 2.05) is 4.90 Å². The maximum absolute atomic E-state index is 12.9. The predicted octanol–water partition coefficient (Wildman–Crippen LogP) is 3.15. The summed E-state index contributed by atoms with van der Waals surface area (Å²) in [4.78, 5) is 14.9. The number of aryl methyl sites for hydroxylation is 1. The van der Waals surface area contributed by atoms with Crippen LogP contribution in [0.25, 0.3) is 0 Å². The van der Waals surface area contributed by atoms with Crippen molar-refractivity contribution in [2.24, 2.45) is 5.73 Å². The minimum Gasteiger partial charge on any atom is -0.467 e. The molecule has 4 nitrogen and oxygen atoms in total. The van der Waals surface area contributed by atoms with E-state index in [0.29, 0.717) is 17.9 Å². The van der Waals surface area contributed by atoms with Gasteiger partial charge < -0.3 is 15.1 Å². The highest BCUT2D eigenvalue weighted by Crippen LogP contribution is 2.26. The molecule has 2 aromatic rings. The van der Waals surface area contributed by atoms with Gasteiger partial charge in [0.2, 0.25) is 0 Å². The smallest absolute Gasteiger partial charge is 0.257 e. The number of nitrogens with two attached hydrogens (primary N) is 1. The first-order valence-corrected chi connectivity index (χ1v) is 8.38. The van der Waals surface area contributed by atoms with Gasteiger partial charge in [-0.1, -0.05) is 31.2 Å². The van der Waals surface area contributed by atoms with Crippen LogP contribution in [0, 0.1) is 0 Å². The summed E-state index contributed by atoms with van der Waals surface area (Å²) < 4.78 is 5.33. The maximum Gasteiger partial charge on any atom is 0.257 e. The molecule has 0 spiro atoms. The molecule has 2 N–H and O–H groups in total. The third-order valence-corrected chi connectivity index (χ3v) is 4.59. The van der Waals surface area contributed by atoms with Crippen molar-refractivity contribution in [1.29, 1.82) is 0 Å². The molecule has 0 saturated heterocycles. The van der Waals surface area contributed by atoms with Crippen molar-refractivity contribution in [1.82, 2.24) is 4.90 Å². The van der Waals surface area contributed by atoms with Crippen LogP contribution in [0.3, 0.4) is 0 Å². The van der Waals surface area contributed by atoms with Gasteiger partial charge in [-0.05, 0) is 42.9 Å². The monoisotopic (exact) mass is 312 g/mol. The van der Waals surface area contributed by atoms with Gasteiger partial charge in [-0.25, -0.2) is 0 Å². The fraction of sp³-hybridized carbons (Fsp3) is 0.421. The third kappa shape index (κ3) is 3.32. The second-order valence-corrected chi connectivity index (χ2v) is 6.17. The topological polar surface area (TPSA) is 59.5 Å². The number of rotatable bonds is 5. The Morgan fingerprint density at radius 2 is 2.13 bits per heavy atom. The average Bonchev–Trinajstić information content (AvgIpc) is 3.08. The second kappa shape index (κ2) is 7.01. The molecule has 1 aliphatic rings. The summed E-state index contributed by atoms with van der Waals surface area (Å²) in [5, 5.41) is 0. The molecule has 3 rings (SSSR count). The average molecular weight is 312 g/mol. The van der Waals surface area contributed by atoms with Gasteiger partial charge in [-0.2, -0.15) is 0 Å². The minimum absolute atomic E-state index is 0.0553. The van der Waals surface area contributed by atoms with Crippen molar-refractivity contribution in [3.63, 3.8) is 0 Å². The zero-order valence-corrected chi connectivity index (χ0v) is 13.6. The van der Waals surface area contributed by atoms with Gasteiger partial charge in [-0.15, -0.1) is 0 Å². The Hall–Kier alpha value is -2.07. The van der Waals surface area contributed by atoms with Gasteiger partial charge in [0, 0.05) is 12.6 Å². The van der Waals surface area contributed by atoms with Crippen molar-refractivity contribution in [2.45, 2.75) is 45.2 Å². The van der Waals surface area contributed by atoms with Crippen LogP contribution in [0.2, 0.25) is 0 Å². The number of fused-ring (bicyclic) bond motifs is 1. The first kappa shape index (κ1) is 15.8. The van der Waals surface area contributed by atoms with Gasteiger partial charge in [0.15, 0.2) is 0 Å². The first-order valence-electron chi connectivity index (χ1n) is 8.38. The summed E-state index contributed by atoms with van der Waals surface area (Å²) in [6.07, 6.45) is 5.47. The van der Waals surface area contributed by atoms with Gasteiger partial charge in [0.25, 0.3) is 5.91 Å². The molecule has 1 amide bonds. The summed E-state index contributed by atoms with van der Waals surface area (Å²) in [6, 6.07) is 10.6. The van der Waals surface area contributed by atoms with Gasteiger partial charge in [-0.3, -0.25) is 4.79 Å². The molecule has 23 heavy (non-hydrogen) atoms. The summed E-state index contributed by atoms with van der Waals surface area (Å²) in [5.74, 6) is 0.707. The van der Waals surface area contributed by atoms with E-state index in [4.69, 9.17) is 10.2 Å². The highest BCUT2D eigenvalue weighted by Gasteiger charge is 2.28. The molecule has 1 atom stereocenters. The van der Waals surface area contributed by atoms with Gasteiger partial charge >= 0.3 is 0 Å². The zero-order valence-electron chi connectivity index (χ0n) is 13.6. The standard InChI is InChI=1S/C19H24N2O2/c1-2-9-21(19(22)16-11-18(12-20)23-13-16)17-8-7-14-5-3-4-6-15(14)10-17/h3-6,11,13,17H,2,7-10,12,20H2,1H3. The molecule has 0 fully saturated rings. The molecule has 0 radical (unpaired) electrons. The molecule has 0 saturated carbocycles. The van der Waals surface area contributed by atoms with E-state index in [1.54, 1.807) is 6.07 Å². The van der Waals surface area contributed by atoms with Crippen LogP contribution in [-0.2, 0) is 19.4 Å². The molecule has 1 aliphatic carbocycles. The van der Waals surface area contributed by atoms with Gasteiger partial charge in [0.05, 0.1) is 12.1 Å². The normalized spacial score (nSPS) is 16.9. The van der Waals surface area contributed by atoms with Crippen molar-refractivity contribution < 1.29 is 9.21 Å². The molecule has 1 unspecified atom stereocenters. The van der Waals surface area contributed by atoms with Crippen molar-refractivity contribution in [2.75, 3.05) is 6.54 Å². The third-order valence-electron chi connectivity index (χ3n) is 4.59. The largest absolute Gasteiger partial charge is 0.467 e. The maximum atomic E-state index is 12.9. The Labute approximate surface area is 137 Å². The number of hydrogen-bond donors (Lipinski definition) is 1. The Bertz CT molecular complexity index is 678. The Morgan fingerprint density at radius 1 is 1.35 bits per heavy atom. The summed E-state index contributed by atoms with van der Waals surface area (Å²) in [5.41, 5.74) is 8.97. The van der Waals surface area contributed by atoms with Crippen LogP contribution < -0.4 is 5.73 Å². The van der Waals surface area contributed by atoms with Crippen molar-refractivity contribution >= 4 is 5.91 Å². The fourth-order valence-corrected chi connectivity index (χ4v) is 3.40. The number of nitrogens with zero attached hydrogens (tertiary/aromatic N) is 1. The highest BCUT2D eigenvalue weighted by molar-refractivity contribution is 5.94. The summed E-state index contributed by atoms with van der Waals surface area (Å²) in [7, 11) is 0. The second-order valence-electron chi connectivity index (χ2n) is 6.17. The molecule has 0 aliphatic heterocycles. The van der Waals surface area contributed by atoms with Gasteiger partial charge in [0.1, 0.15) is 12.0 Å². The number of hydrogen-bond acceptors (Lipinski definition) is 3. The van der Waals surface area contributed by atoms with Crippen molar-refractivity contribution in [3.05, 3.63) is 59.0 Å². The van der Waals surface area contributed by atoms with Crippen LogP contribution in [0.1, 0.15) is 47.0 Å². The molecular weight excluding hydrogens is 288 g/mol. The number of amides is 1. The van der Waals surface area contributed by atoms with E-state index in [2.05, 4.69) is 31.2 Å². The molecule has 4 heteroatoms. The van der Waals surface area contributed by atoms with Crippen LogP contribution >= 0.6 is 0 Å². The Balaban J connectivity index is 1.80. The highest BCUT2D eigenvalue weighted by atomic mass is 16.3.